The number of unbranched alkanes of at least 4 members (excludes halogenated alkanes) is 3. The molecule has 21 heavy (non-hydrogen) atoms. The van der Waals surface area contributed by atoms with Crippen molar-refractivity contribution in [2.24, 2.45) is 0 Å². The van der Waals surface area contributed by atoms with Gasteiger partial charge in [-0.15, -0.1) is 0 Å². The van der Waals surface area contributed by atoms with E-state index in [0.29, 0.717) is 6.54 Å². The van der Waals surface area contributed by atoms with E-state index in [1.165, 1.54) is 32.6 Å². The lowest BCUT2D eigenvalue weighted by atomic mass is 10.2. The third-order valence-corrected chi connectivity index (χ3v) is 5.62. The molecule has 1 fully saturated rings. The molecule has 0 radical (unpaired) electrons. The van der Waals surface area contributed by atoms with Crippen LogP contribution in [0.4, 0.5) is 0 Å². The standard InChI is InChI=1S/C15H33N3O2S/c1-3-5-15-21(19,20)16-9-7-6-8-10-18-13-11-17(4-2)12-14-18/h16H,3-15H2,1-2H3. The molecule has 0 atom stereocenters. The summed E-state index contributed by atoms with van der Waals surface area (Å²) in [5.74, 6) is 0.269. The number of hydrogen-bond donors (Lipinski definition) is 1. The van der Waals surface area contributed by atoms with Crippen LogP contribution in [-0.4, -0.2) is 69.8 Å². The Morgan fingerprint density at radius 2 is 1.57 bits per heavy atom. The minimum atomic E-state index is -3.03. The summed E-state index contributed by atoms with van der Waals surface area (Å²) in [6.07, 6.45) is 4.89. The maximum Gasteiger partial charge on any atom is 0.211 e. The summed E-state index contributed by atoms with van der Waals surface area (Å²) in [5, 5.41) is 0. The lowest BCUT2D eigenvalue weighted by molar-refractivity contribution is 0.135. The second kappa shape index (κ2) is 10.5. The highest BCUT2D eigenvalue weighted by atomic mass is 32.2. The molecule has 1 heterocycles. The van der Waals surface area contributed by atoms with E-state index in [-0.39, 0.29) is 5.75 Å². The van der Waals surface area contributed by atoms with Gasteiger partial charge in [-0.25, -0.2) is 13.1 Å². The number of rotatable bonds is 11. The van der Waals surface area contributed by atoms with Gasteiger partial charge in [0.05, 0.1) is 5.75 Å². The SMILES string of the molecule is CCCCS(=O)(=O)NCCCCCN1CCN(CC)CC1. The van der Waals surface area contributed by atoms with Crippen LogP contribution in [0.25, 0.3) is 0 Å². The van der Waals surface area contributed by atoms with Gasteiger partial charge in [0, 0.05) is 32.7 Å². The molecule has 126 valence electrons. The van der Waals surface area contributed by atoms with Crippen LogP contribution in [0.1, 0.15) is 46.0 Å². The predicted molar refractivity (Wildman–Crippen MR) is 89.1 cm³/mol. The Morgan fingerprint density at radius 3 is 2.19 bits per heavy atom. The molecule has 0 aromatic rings. The number of piperazine rings is 1. The van der Waals surface area contributed by atoms with Gasteiger partial charge in [0.2, 0.25) is 10.0 Å². The molecule has 0 aliphatic carbocycles. The third-order valence-electron chi connectivity index (χ3n) is 4.15. The molecule has 1 saturated heterocycles. The van der Waals surface area contributed by atoms with Crippen molar-refractivity contribution in [2.75, 3.05) is 51.6 Å². The van der Waals surface area contributed by atoms with Crippen LogP contribution in [0.3, 0.4) is 0 Å². The van der Waals surface area contributed by atoms with Crippen molar-refractivity contribution < 1.29 is 8.42 Å². The largest absolute Gasteiger partial charge is 0.301 e. The second-order valence-corrected chi connectivity index (χ2v) is 7.83. The molecule has 0 spiro atoms. The van der Waals surface area contributed by atoms with Gasteiger partial charge >= 0.3 is 0 Å². The summed E-state index contributed by atoms with van der Waals surface area (Å²) in [4.78, 5) is 5.01. The topological polar surface area (TPSA) is 52.7 Å². The Hall–Kier alpha value is -0.170. The molecule has 5 nitrogen and oxygen atoms in total. The van der Waals surface area contributed by atoms with E-state index in [1.807, 2.05) is 6.92 Å². The Balaban J connectivity index is 1.98. The van der Waals surface area contributed by atoms with Crippen LogP contribution in [-0.2, 0) is 10.0 Å². The average molecular weight is 320 g/mol. The highest BCUT2D eigenvalue weighted by Gasteiger charge is 2.14. The van der Waals surface area contributed by atoms with E-state index in [0.717, 1.165) is 38.8 Å². The van der Waals surface area contributed by atoms with E-state index in [1.54, 1.807) is 0 Å². The van der Waals surface area contributed by atoms with Gasteiger partial charge in [0.25, 0.3) is 0 Å². The zero-order chi connectivity index (χ0) is 15.6. The molecule has 0 saturated carbocycles. The van der Waals surface area contributed by atoms with Crippen molar-refractivity contribution in [3.63, 3.8) is 0 Å². The molecule has 1 aliphatic heterocycles. The predicted octanol–water partition coefficient (Wildman–Crippen LogP) is 1.51. The highest BCUT2D eigenvalue weighted by molar-refractivity contribution is 7.89. The van der Waals surface area contributed by atoms with Crippen LogP contribution >= 0.6 is 0 Å². The number of nitrogens with zero attached hydrogens (tertiary/aromatic N) is 2. The van der Waals surface area contributed by atoms with Crippen molar-refractivity contribution in [3.8, 4) is 0 Å². The van der Waals surface area contributed by atoms with Gasteiger partial charge in [-0.2, -0.15) is 0 Å². The van der Waals surface area contributed by atoms with Crippen molar-refractivity contribution >= 4 is 10.0 Å². The highest BCUT2D eigenvalue weighted by Crippen LogP contribution is 2.04. The maximum atomic E-state index is 11.6. The minimum absolute atomic E-state index is 0.269. The Kier molecular flexibility index (Phi) is 9.47. The molecule has 1 rings (SSSR count). The average Bonchev–Trinajstić information content (AvgIpc) is 2.49. The molecule has 0 amide bonds. The summed E-state index contributed by atoms with van der Waals surface area (Å²) in [5.41, 5.74) is 0. The first kappa shape index (κ1) is 18.9. The Morgan fingerprint density at radius 1 is 0.905 bits per heavy atom. The molecule has 1 aliphatic rings. The third kappa shape index (κ3) is 8.76. The monoisotopic (exact) mass is 319 g/mol. The molecule has 6 heteroatoms. The van der Waals surface area contributed by atoms with Crippen molar-refractivity contribution in [2.45, 2.75) is 46.0 Å². The van der Waals surface area contributed by atoms with Crippen molar-refractivity contribution in [1.29, 1.82) is 0 Å². The van der Waals surface area contributed by atoms with E-state index >= 15 is 0 Å². The molecule has 0 unspecified atom stereocenters. The number of nitrogens with one attached hydrogen (secondary N) is 1. The number of hydrogen-bond acceptors (Lipinski definition) is 4. The maximum absolute atomic E-state index is 11.6. The van der Waals surface area contributed by atoms with Crippen LogP contribution in [0.2, 0.25) is 0 Å². The van der Waals surface area contributed by atoms with Crippen LogP contribution in [0.15, 0.2) is 0 Å². The normalized spacial score (nSPS) is 18.2. The van der Waals surface area contributed by atoms with Crippen LogP contribution in [0, 0.1) is 0 Å². The van der Waals surface area contributed by atoms with Crippen LogP contribution in [0.5, 0.6) is 0 Å². The lowest BCUT2D eigenvalue weighted by Crippen LogP contribution is -2.46. The van der Waals surface area contributed by atoms with Gasteiger partial charge in [0.1, 0.15) is 0 Å². The summed E-state index contributed by atoms with van der Waals surface area (Å²) >= 11 is 0. The first-order valence-corrected chi connectivity index (χ1v) is 10.1. The minimum Gasteiger partial charge on any atom is -0.301 e. The van der Waals surface area contributed by atoms with Gasteiger partial charge < -0.3 is 9.80 Å². The molecule has 1 N–H and O–H groups in total. The number of sulfonamides is 1. The zero-order valence-electron chi connectivity index (χ0n) is 13.8. The number of likely N-dealkylation sites (N-methyl/N-ethyl adjacent to an activating group) is 1. The van der Waals surface area contributed by atoms with Crippen LogP contribution < -0.4 is 4.72 Å². The van der Waals surface area contributed by atoms with Gasteiger partial charge in [-0.3, -0.25) is 0 Å². The second-order valence-electron chi connectivity index (χ2n) is 5.90. The quantitative estimate of drug-likeness (QED) is 0.587. The Labute approximate surface area is 131 Å². The molecular weight excluding hydrogens is 286 g/mol. The van der Waals surface area contributed by atoms with E-state index in [9.17, 15) is 8.42 Å². The Bertz CT molecular complexity index is 352. The lowest BCUT2D eigenvalue weighted by Gasteiger charge is -2.33. The summed E-state index contributed by atoms with van der Waals surface area (Å²) < 4.78 is 25.9. The summed E-state index contributed by atoms with van der Waals surface area (Å²) in [6, 6.07) is 0. The smallest absolute Gasteiger partial charge is 0.211 e. The fraction of sp³-hybridized carbons (Fsp3) is 1.00. The van der Waals surface area contributed by atoms with E-state index in [2.05, 4.69) is 21.4 Å². The zero-order valence-corrected chi connectivity index (χ0v) is 14.6. The first-order valence-electron chi connectivity index (χ1n) is 8.49. The van der Waals surface area contributed by atoms with E-state index in [4.69, 9.17) is 0 Å². The molecule has 0 bridgehead atoms. The fourth-order valence-electron chi connectivity index (χ4n) is 2.60. The fourth-order valence-corrected chi connectivity index (χ4v) is 3.87. The van der Waals surface area contributed by atoms with Gasteiger partial charge in [-0.1, -0.05) is 26.7 Å². The molecule has 0 aromatic heterocycles. The first-order chi connectivity index (χ1) is 10.1. The van der Waals surface area contributed by atoms with Crippen molar-refractivity contribution in [3.05, 3.63) is 0 Å². The molecular formula is C15H33N3O2S. The van der Waals surface area contributed by atoms with Crippen molar-refractivity contribution in [1.82, 2.24) is 14.5 Å². The van der Waals surface area contributed by atoms with Gasteiger partial charge in [0.15, 0.2) is 0 Å². The summed E-state index contributed by atoms with van der Waals surface area (Å²) in [6.45, 7) is 11.9. The van der Waals surface area contributed by atoms with E-state index < -0.39 is 10.0 Å². The molecule has 0 aromatic carbocycles. The summed E-state index contributed by atoms with van der Waals surface area (Å²) in [7, 11) is -3.03. The van der Waals surface area contributed by atoms with Gasteiger partial charge in [-0.05, 0) is 32.4 Å².